The topological polar surface area (TPSA) is 81.9 Å². The number of methoxy groups -OCH3 is 1. The molecule has 1 aliphatic rings. The normalized spacial score (nSPS) is 14.2. The van der Waals surface area contributed by atoms with Crippen molar-refractivity contribution in [1.82, 2.24) is 4.90 Å². The summed E-state index contributed by atoms with van der Waals surface area (Å²) in [6.45, 7) is 1.54. The SMILES string of the molecule is COC(=O)c1ccc(OCC(=O)N2CCCC2)c(N)c1. The molecule has 0 atom stereocenters. The number of nitrogens with two attached hydrogens (primary N) is 1. The standard InChI is InChI=1S/C14H18N2O4/c1-19-14(18)10-4-5-12(11(15)8-10)20-9-13(17)16-6-2-3-7-16/h4-5,8H,2-3,6-7,9,15H2,1H3. The molecule has 0 spiro atoms. The number of carbonyl (C=O) groups excluding carboxylic acids is 2. The van der Waals surface area contributed by atoms with Crippen LogP contribution in [0.4, 0.5) is 5.69 Å². The van der Waals surface area contributed by atoms with E-state index in [4.69, 9.17) is 10.5 Å². The Bertz CT molecular complexity index is 510. The molecule has 0 radical (unpaired) electrons. The zero-order valence-corrected chi connectivity index (χ0v) is 11.4. The molecule has 2 N–H and O–H groups in total. The highest BCUT2D eigenvalue weighted by Gasteiger charge is 2.18. The van der Waals surface area contributed by atoms with Gasteiger partial charge in [0.2, 0.25) is 0 Å². The average Bonchev–Trinajstić information content (AvgIpc) is 2.99. The van der Waals surface area contributed by atoms with Crippen LogP contribution in [0.2, 0.25) is 0 Å². The fourth-order valence-corrected chi connectivity index (χ4v) is 2.12. The van der Waals surface area contributed by atoms with Crippen molar-refractivity contribution < 1.29 is 19.1 Å². The van der Waals surface area contributed by atoms with E-state index in [1.165, 1.54) is 13.2 Å². The van der Waals surface area contributed by atoms with E-state index in [9.17, 15) is 9.59 Å². The van der Waals surface area contributed by atoms with Crippen LogP contribution in [0.15, 0.2) is 18.2 Å². The summed E-state index contributed by atoms with van der Waals surface area (Å²) in [4.78, 5) is 25.0. The zero-order valence-electron chi connectivity index (χ0n) is 11.4. The number of rotatable bonds is 4. The molecule has 108 valence electrons. The fraction of sp³-hybridized carbons (Fsp3) is 0.429. The predicted molar refractivity (Wildman–Crippen MR) is 73.5 cm³/mol. The van der Waals surface area contributed by atoms with Crippen LogP contribution in [0.3, 0.4) is 0 Å². The van der Waals surface area contributed by atoms with Crippen LogP contribution in [0.1, 0.15) is 23.2 Å². The van der Waals surface area contributed by atoms with E-state index in [1.54, 1.807) is 17.0 Å². The Kier molecular flexibility index (Phi) is 4.45. The number of nitrogen functional groups attached to an aromatic ring is 1. The van der Waals surface area contributed by atoms with Crippen LogP contribution in [-0.4, -0.2) is 43.6 Å². The lowest BCUT2D eigenvalue weighted by Gasteiger charge is -2.16. The van der Waals surface area contributed by atoms with Crippen LogP contribution in [0.5, 0.6) is 5.75 Å². The molecular weight excluding hydrogens is 260 g/mol. The first-order valence-electron chi connectivity index (χ1n) is 6.50. The molecule has 1 saturated heterocycles. The zero-order chi connectivity index (χ0) is 14.5. The molecule has 1 aliphatic heterocycles. The van der Waals surface area contributed by atoms with Gasteiger partial charge in [0.15, 0.2) is 6.61 Å². The molecule has 1 heterocycles. The monoisotopic (exact) mass is 278 g/mol. The van der Waals surface area contributed by atoms with Gasteiger partial charge in [-0.1, -0.05) is 0 Å². The first-order chi connectivity index (χ1) is 9.61. The molecule has 6 nitrogen and oxygen atoms in total. The second kappa shape index (κ2) is 6.27. The first kappa shape index (κ1) is 14.2. The van der Waals surface area contributed by atoms with Gasteiger partial charge in [0.1, 0.15) is 5.75 Å². The number of anilines is 1. The van der Waals surface area contributed by atoms with Gasteiger partial charge in [-0.25, -0.2) is 4.79 Å². The molecular formula is C14H18N2O4. The van der Waals surface area contributed by atoms with Gasteiger partial charge in [-0.3, -0.25) is 4.79 Å². The highest BCUT2D eigenvalue weighted by molar-refractivity contribution is 5.91. The molecule has 1 aromatic rings. The van der Waals surface area contributed by atoms with Gasteiger partial charge in [-0.2, -0.15) is 0 Å². The number of likely N-dealkylation sites (tertiary alicyclic amines) is 1. The van der Waals surface area contributed by atoms with Gasteiger partial charge in [-0.15, -0.1) is 0 Å². The molecule has 1 amide bonds. The van der Waals surface area contributed by atoms with Gasteiger partial charge < -0.3 is 20.1 Å². The lowest BCUT2D eigenvalue weighted by molar-refractivity contribution is -0.132. The Labute approximate surface area is 117 Å². The summed E-state index contributed by atoms with van der Waals surface area (Å²) in [5, 5.41) is 0. The summed E-state index contributed by atoms with van der Waals surface area (Å²) in [6.07, 6.45) is 2.09. The Morgan fingerprint density at radius 1 is 1.30 bits per heavy atom. The molecule has 0 bridgehead atoms. The van der Waals surface area contributed by atoms with Crippen LogP contribution in [0, 0.1) is 0 Å². The average molecular weight is 278 g/mol. The number of hydrogen-bond acceptors (Lipinski definition) is 5. The quantitative estimate of drug-likeness (QED) is 0.657. The fourth-order valence-electron chi connectivity index (χ4n) is 2.12. The molecule has 1 fully saturated rings. The van der Waals surface area contributed by atoms with Crippen molar-refractivity contribution >= 4 is 17.6 Å². The Morgan fingerprint density at radius 3 is 2.60 bits per heavy atom. The number of amides is 1. The van der Waals surface area contributed by atoms with E-state index >= 15 is 0 Å². The Hall–Kier alpha value is -2.24. The second-order valence-corrected chi connectivity index (χ2v) is 4.62. The molecule has 0 unspecified atom stereocenters. The third kappa shape index (κ3) is 3.20. The molecule has 6 heteroatoms. The molecule has 2 rings (SSSR count). The van der Waals surface area contributed by atoms with Crippen molar-refractivity contribution in [1.29, 1.82) is 0 Å². The van der Waals surface area contributed by atoms with Gasteiger partial charge in [0.25, 0.3) is 5.91 Å². The van der Waals surface area contributed by atoms with Crippen LogP contribution in [0.25, 0.3) is 0 Å². The minimum absolute atomic E-state index is 0.0399. The third-order valence-electron chi connectivity index (χ3n) is 3.24. The molecule has 20 heavy (non-hydrogen) atoms. The summed E-state index contributed by atoms with van der Waals surface area (Å²) >= 11 is 0. The smallest absolute Gasteiger partial charge is 0.337 e. The minimum Gasteiger partial charge on any atom is -0.482 e. The first-order valence-corrected chi connectivity index (χ1v) is 6.50. The maximum absolute atomic E-state index is 11.8. The van der Waals surface area contributed by atoms with Crippen molar-refractivity contribution in [3.63, 3.8) is 0 Å². The van der Waals surface area contributed by atoms with E-state index in [-0.39, 0.29) is 12.5 Å². The maximum Gasteiger partial charge on any atom is 0.337 e. The summed E-state index contributed by atoms with van der Waals surface area (Å²) < 4.78 is 10.0. The van der Waals surface area contributed by atoms with Gasteiger partial charge >= 0.3 is 5.97 Å². The van der Waals surface area contributed by atoms with E-state index in [0.717, 1.165) is 25.9 Å². The third-order valence-corrected chi connectivity index (χ3v) is 3.24. The number of ether oxygens (including phenoxy) is 2. The highest BCUT2D eigenvalue weighted by atomic mass is 16.5. The van der Waals surface area contributed by atoms with E-state index in [2.05, 4.69) is 4.74 Å². The summed E-state index contributed by atoms with van der Waals surface area (Å²) in [6, 6.07) is 4.60. The Balaban J connectivity index is 1.96. The molecule has 0 aromatic heterocycles. The predicted octanol–water partition coefficient (Wildman–Crippen LogP) is 1.06. The van der Waals surface area contributed by atoms with Crippen molar-refractivity contribution in [3.8, 4) is 5.75 Å². The summed E-state index contributed by atoms with van der Waals surface area (Å²) in [7, 11) is 1.30. The van der Waals surface area contributed by atoms with E-state index in [0.29, 0.717) is 17.0 Å². The van der Waals surface area contributed by atoms with Crippen molar-refractivity contribution in [2.45, 2.75) is 12.8 Å². The molecule has 0 saturated carbocycles. The Morgan fingerprint density at radius 2 is 2.00 bits per heavy atom. The van der Waals surface area contributed by atoms with Gasteiger partial charge in [-0.05, 0) is 31.0 Å². The molecule has 1 aromatic carbocycles. The van der Waals surface area contributed by atoms with Crippen molar-refractivity contribution in [2.24, 2.45) is 0 Å². The van der Waals surface area contributed by atoms with Crippen LogP contribution in [-0.2, 0) is 9.53 Å². The number of carbonyl (C=O) groups is 2. The van der Waals surface area contributed by atoms with Crippen molar-refractivity contribution in [3.05, 3.63) is 23.8 Å². The van der Waals surface area contributed by atoms with Gasteiger partial charge in [0.05, 0.1) is 18.4 Å². The minimum atomic E-state index is -0.462. The van der Waals surface area contributed by atoms with E-state index < -0.39 is 5.97 Å². The number of nitrogens with zero attached hydrogens (tertiary/aromatic N) is 1. The maximum atomic E-state index is 11.8. The largest absolute Gasteiger partial charge is 0.482 e. The van der Waals surface area contributed by atoms with E-state index in [1.807, 2.05) is 0 Å². The summed E-state index contributed by atoms with van der Waals surface area (Å²) in [5.74, 6) is -0.111. The lowest BCUT2D eigenvalue weighted by Crippen LogP contribution is -2.32. The molecule has 0 aliphatic carbocycles. The van der Waals surface area contributed by atoms with Crippen LogP contribution < -0.4 is 10.5 Å². The number of hydrogen-bond donors (Lipinski definition) is 1. The lowest BCUT2D eigenvalue weighted by atomic mass is 10.2. The highest BCUT2D eigenvalue weighted by Crippen LogP contribution is 2.23. The van der Waals surface area contributed by atoms with Crippen molar-refractivity contribution in [2.75, 3.05) is 32.5 Å². The van der Waals surface area contributed by atoms with Gasteiger partial charge in [0, 0.05) is 13.1 Å². The summed E-state index contributed by atoms with van der Waals surface area (Å²) in [5.41, 5.74) is 6.45. The number of esters is 1. The number of benzene rings is 1. The second-order valence-electron chi connectivity index (χ2n) is 4.62. The van der Waals surface area contributed by atoms with Crippen LogP contribution >= 0.6 is 0 Å².